The van der Waals surface area contributed by atoms with Gasteiger partial charge in [-0.05, 0) is 55.6 Å². The lowest BCUT2D eigenvalue weighted by atomic mass is 9.69. The van der Waals surface area contributed by atoms with E-state index in [0.717, 1.165) is 47.3 Å². The van der Waals surface area contributed by atoms with Crippen LogP contribution in [0.1, 0.15) is 41.0 Å². The van der Waals surface area contributed by atoms with Crippen molar-refractivity contribution in [3.63, 3.8) is 0 Å². The van der Waals surface area contributed by atoms with Crippen molar-refractivity contribution in [1.29, 1.82) is 0 Å². The van der Waals surface area contributed by atoms with Crippen LogP contribution in [0.5, 0.6) is 0 Å². The Morgan fingerprint density at radius 1 is 1.08 bits per heavy atom. The van der Waals surface area contributed by atoms with E-state index in [0.29, 0.717) is 15.9 Å². The first kappa shape index (κ1) is 24.3. The number of rotatable bonds is 3. The fraction of sp³-hybridized carbons (Fsp3) is 0.300. The minimum atomic E-state index is -1.03. The summed E-state index contributed by atoms with van der Waals surface area (Å²) in [5.41, 5.74) is 3.94. The van der Waals surface area contributed by atoms with E-state index in [1.54, 1.807) is 0 Å². The largest absolute Gasteiger partial charge is 0.310 e. The number of aryl methyl sites for hydroxylation is 1. The molecule has 3 saturated heterocycles. The molecule has 0 bridgehead atoms. The molecule has 3 fully saturated rings. The Balaban J connectivity index is 1.52. The SMILES string of the molecule is Cc1ccc2c(c1)[C@@]1(C(=O)N2Cc2ccccc2)[C@H](c2ccc(Cl)cc2)[C@]2(SC(=S)NC2=O)[C@@H]2CCCN21. The molecule has 4 aliphatic heterocycles. The van der Waals surface area contributed by atoms with Crippen LogP contribution in [0.3, 0.4) is 0 Å². The third-order valence-electron chi connectivity index (χ3n) is 8.69. The molecule has 0 aliphatic carbocycles. The normalized spacial score (nSPS) is 29.9. The number of carbonyl (C=O) groups is 2. The van der Waals surface area contributed by atoms with Crippen LogP contribution in [-0.2, 0) is 21.7 Å². The molecule has 4 heterocycles. The highest BCUT2D eigenvalue weighted by molar-refractivity contribution is 8.25. The first-order valence-electron chi connectivity index (χ1n) is 12.9. The van der Waals surface area contributed by atoms with Crippen molar-refractivity contribution in [3.8, 4) is 0 Å². The summed E-state index contributed by atoms with van der Waals surface area (Å²) in [5.74, 6) is -0.515. The number of fused-ring (bicyclic) bond motifs is 5. The topological polar surface area (TPSA) is 52.7 Å². The summed E-state index contributed by atoms with van der Waals surface area (Å²) in [7, 11) is 0. The average molecular weight is 560 g/mol. The highest BCUT2D eigenvalue weighted by Gasteiger charge is 2.78. The number of benzene rings is 3. The van der Waals surface area contributed by atoms with Gasteiger partial charge in [-0.25, -0.2) is 0 Å². The molecule has 5 nitrogen and oxygen atoms in total. The van der Waals surface area contributed by atoms with E-state index >= 15 is 4.79 Å². The van der Waals surface area contributed by atoms with Gasteiger partial charge in [0.15, 0.2) is 0 Å². The Labute approximate surface area is 236 Å². The summed E-state index contributed by atoms with van der Waals surface area (Å²) in [6.45, 7) is 3.28. The van der Waals surface area contributed by atoms with Gasteiger partial charge in [-0.3, -0.25) is 14.5 Å². The fourth-order valence-corrected chi connectivity index (χ4v) is 9.40. The molecule has 0 radical (unpaired) electrons. The van der Waals surface area contributed by atoms with Crippen LogP contribution in [0.2, 0.25) is 5.02 Å². The quantitative estimate of drug-likeness (QED) is 0.427. The number of nitrogens with one attached hydrogen (secondary N) is 1. The smallest absolute Gasteiger partial charge is 0.253 e. The van der Waals surface area contributed by atoms with E-state index in [9.17, 15) is 4.79 Å². The molecule has 2 spiro atoms. The van der Waals surface area contributed by atoms with Crippen LogP contribution in [0.25, 0.3) is 0 Å². The second kappa shape index (κ2) is 8.65. The van der Waals surface area contributed by atoms with Crippen LogP contribution in [0, 0.1) is 6.92 Å². The number of halogens is 1. The first-order chi connectivity index (χ1) is 18.4. The zero-order valence-electron chi connectivity index (χ0n) is 20.8. The van der Waals surface area contributed by atoms with Crippen molar-refractivity contribution in [1.82, 2.24) is 10.2 Å². The van der Waals surface area contributed by atoms with E-state index in [1.165, 1.54) is 11.8 Å². The number of anilines is 1. The minimum Gasteiger partial charge on any atom is -0.310 e. The van der Waals surface area contributed by atoms with E-state index < -0.39 is 16.2 Å². The van der Waals surface area contributed by atoms with Crippen LogP contribution in [0.4, 0.5) is 5.69 Å². The molecule has 3 aromatic carbocycles. The second-order valence-corrected chi connectivity index (χ2v) is 13.0. The van der Waals surface area contributed by atoms with E-state index in [2.05, 4.69) is 47.5 Å². The van der Waals surface area contributed by atoms with Crippen molar-refractivity contribution in [3.05, 3.63) is 100 Å². The number of nitrogens with zero attached hydrogens (tertiary/aromatic N) is 2. The molecule has 0 unspecified atom stereocenters. The van der Waals surface area contributed by atoms with Crippen LogP contribution >= 0.6 is 35.6 Å². The Morgan fingerprint density at radius 3 is 2.55 bits per heavy atom. The molecule has 3 aromatic rings. The van der Waals surface area contributed by atoms with Crippen LogP contribution in [-0.4, -0.2) is 38.4 Å². The van der Waals surface area contributed by atoms with E-state index in [-0.39, 0.29) is 17.9 Å². The molecule has 4 aliphatic rings. The highest BCUT2D eigenvalue weighted by atomic mass is 35.5. The molecule has 8 heteroatoms. The number of hydrogen-bond donors (Lipinski definition) is 1. The number of carbonyl (C=O) groups excluding carboxylic acids is 2. The number of thioether (sulfide) groups is 1. The predicted molar refractivity (Wildman–Crippen MR) is 155 cm³/mol. The minimum absolute atomic E-state index is 0.0249. The number of hydrogen-bond acceptors (Lipinski definition) is 5. The third-order valence-corrected chi connectivity index (χ3v) is 10.6. The number of thiocarbonyl (C=S) groups is 1. The van der Waals surface area contributed by atoms with Gasteiger partial charge in [0.1, 0.15) is 14.6 Å². The van der Waals surface area contributed by atoms with Gasteiger partial charge in [0, 0.05) is 28.2 Å². The molecule has 1 N–H and O–H groups in total. The molecular formula is C30H26ClN3O2S2. The van der Waals surface area contributed by atoms with Gasteiger partial charge in [-0.2, -0.15) is 0 Å². The summed E-state index contributed by atoms with van der Waals surface area (Å²) in [6.07, 6.45) is 1.76. The average Bonchev–Trinajstić information content (AvgIpc) is 3.61. The van der Waals surface area contributed by atoms with E-state index in [1.807, 2.05) is 47.4 Å². The lowest BCUT2D eigenvalue weighted by Crippen LogP contribution is -2.53. The second-order valence-electron chi connectivity index (χ2n) is 10.6. The zero-order chi connectivity index (χ0) is 26.2. The van der Waals surface area contributed by atoms with Crippen molar-refractivity contribution in [2.24, 2.45) is 0 Å². The lowest BCUT2D eigenvalue weighted by molar-refractivity contribution is -0.129. The molecule has 38 heavy (non-hydrogen) atoms. The molecule has 0 saturated carbocycles. The Kier molecular flexibility index (Phi) is 5.54. The van der Waals surface area contributed by atoms with Crippen molar-refractivity contribution in [2.45, 2.75) is 48.6 Å². The van der Waals surface area contributed by atoms with Gasteiger partial charge in [0.2, 0.25) is 5.91 Å². The lowest BCUT2D eigenvalue weighted by Gasteiger charge is -2.39. The Morgan fingerprint density at radius 2 is 1.84 bits per heavy atom. The highest BCUT2D eigenvalue weighted by Crippen LogP contribution is 2.68. The van der Waals surface area contributed by atoms with Crippen molar-refractivity contribution in [2.75, 3.05) is 11.4 Å². The van der Waals surface area contributed by atoms with Gasteiger partial charge < -0.3 is 10.2 Å². The summed E-state index contributed by atoms with van der Waals surface area (Å²) in [5, 5.41) is 3.58. The molecule has 7 rings (SSSR count). The summed E-state index contributed by atoms with van der Waals surface area (Å²) in [4.78, 5) is 33.4. The van der Waals surface area contributed by atoms with Crippen molar-refractivity contribution >= 4 is 57.4 Å². The van der Waals surface area contributed by atoms with Gasteiger partial charge in [-0.15, -0.1) is 0 Å². The fourth-order valence-electron chi connectivity index (χ4n) is 7.37. The van der Waals surface area contributed by atoms with Gasteiger partial charge in [0.05, 0.1) is 6.54 Å². The maximum Gasteiger partial charge on any atom is 0.253 e. The molecule has 2 amide bonds. The van der Waals surface area contributed by atoms with Crippen LogP contribution < -0.4 is 10.2 Å². The molecule has 4 atom stereocenters. The maximum absolute atomic E-state index is 15.1. The van der Waals surface area contributed by atoms with Gasteiger partial charge in [0.25, 0.3) is 5.91 Å². The zero-order valence-corrected chi connectivity index (χ0v) is 23.2. The van der Waals surface area contributed by atoms with Crippen molar-refractivity contribution < 1.29 is 9.59 Å². The summed E-state index contributed by atoms with van der Waals surface area (Å²) >= 11 is 13.3. The monoisotopic (exact) mass is 559 g/mol. The first-order valence-corrected chi connectivity index (χ1v) is 14.5. The summed E-state index contributed by atoms with van der Waals surface area (Å²) in [6, 6.07) is 23.9. The van der Waals surface area contributed by atoms with E-state index in [4.69, 9.17) is 23.8 Å². The number of amides is 2. The molecule has 0 aromatic heterocycles. The third kappa shape index (κ3) is 3.13. The maximum atomic E-state index is 15.1. The van der Waals surface area contributed by atoms with Gasteiger partial charge >= 0.3 is 0 Å². The standard InChI is InChI=1S/C30H26ClN3O2S2/c1-18-9-14-23-22(16-18)29(27(36)33(23)17-19-6-3-2-4-7-19)25(20-10-12-21(31)13-11-20)30(24-8-5-15-34(24)29)26(35)32-28(37)38-30/h2-4,6-7,9-14,16,24-25H,5,8,15,17H2,1H3,(H,32,35,37)/t24-,25-,29-,30+/m0/s1. The Hall–Kier alpha value is -2.71. The predicted octanol–water partition coefficient (Wildman–Crippen LogP) is 5.54. The van der Waals surface area contributed by atoms with Gasteiger partial charge in [-0.1, -0.05) is 95.7 Å². The summed E-state index contributed by atoms with van der Waals surface area (Å²) < 4.78 is -0.435. The molecule has 192 valence electrons. The molecular weight excluding hydrogens is 534 g/mol. The Bertz CT molecular complexity index is 1500. The van der Waals surface area contributed by atoms with Crippen LogP contribution in [0.15, 0.2) is 72.8 Å².